The van der Waals surface area contributed by atoms with Gasteiger partial charge in [0.15, 0.2) is 0 Å². The van der Waals surface area contributed by atoms with Crippen molar-refractivity contribution in [2.75, 3.05) is 0 Å². The number of rotatable bonds is 1. The van der Waals surface area contributed by atoms with Gasteiger partial charge >= 0.3 is 5.63 Å². The zero-order valence-electron chi connectivity index (χ0n) is 11.5. The number of H-pyrrole nitrogens is 1. The van der Waals surface area contributed by atoms with E-state index >= 15 is 0 Å². The lowest BCUT2D eigenvalue weighted by Crippen LogP contribution is -2.21. The number of para-hydroxylation sites is 1. The van der Waals surface area contributed by atoms with Gasteiger partial charge in [-0.05, 0) is 29.8 Å². The van der Waals surface area contributed by atoms with Crippen LogP contribution in [-0.2, 0) is 0 Å². The zero-order chi connectivity index (χ0) is 14.9. The summed E-state index contributed by atoms with van der Waals surface area (Å²) in [4.78, 5) is 23.4. The van der Waals surface area contributed by atoms with Gasteiger partial charge in [0.25, 0.3) is 0 Å². The molecule has 0 fully saturated rings. The molecule has 22 heavy (non-hydrogen) atoms. The summed E-state index contributed by atoms with van der Waals surface area (Å²) in [5.41, 5.74) is 1.37. The lowest BCUT2D eigenvalue weighted by molar-refractivity contribution is 0.484. The minimum Gasteiger partial charge on any atom is -0.402 e. The van der Waals surface area contributed by atoms with E-state index in [-0.39, 0.29) is 0 Å². The quantitative estimate of drug-likeness (QED) is 0.651. The first kappa shape index (κ1) is 12.5. The largest absolute Gasteiger partial charge is 0.402 e. The molecule has 0 radical (unpaired) electrons. The summed E-state index contributed by atoms with van der Waals surface area (Å²) in [6, 6.07) is 11.4. The fourth-order valence-electron chi connectivity index (χ4n) is 2.32. The first-order chi connectivity index (χ1) is 10.8. The number of fused-ring (bicyclic) bond motifs is 1. The highest BCUT2D eigenvalue weighted by atomic mass is 16.4. The van der Waals surface area contributed by atoms with Crippen LogP contribution >= 0.6 is 0 Å². The third kappa shape index (κ3) is 2.18. The van der Waals surface area contributed by atoms with Crippen molar-refractivity contribution in [3.63, 3.8) is 0 Å². The lowest BCUT2D eigenvalue weighted by atomic mass is 10.3. The van der Waals surface area contributed by atoms with E-state index in [1.54, 1.807) is 18.5 Å². The monoisotopic (exact) mass is 289 g/mol. The summed E-state index contributed by atoms with van der Waals surface area (Å²) in [6.45, 7) is 0. The molecule has 0 saturated carbocycles. The molecule has 0 spiro atoms. The zero-order valence-corrected chi connectivity index (χ0v) is 11.5. The number of oxazole rings is 1. The number of aromatic nitrogens is 2. The SMILES string of the molecule is O=c1o/c(=C2\C=c3ccccc3=N2)[nH]c1=Cc1cccnc1. The van der Waals surface area contributed by atoms with Gasteiger partial charge < -0.3 is 9.40 Å². The lowest BCUT2D eigenvalue weighted by Gasteiger charge is -1.86. The molecule has 1 aliphatic rings. The molecule has 3 heterocycles. The van der Waals surface area contributed by atoms with Gasteiger partial charge in [-0.25, -0.2) is 9.79 Å². The van der Waals surface area contributed by atoms with Gasteiger partial charge in [0, 0.05) is 17.6 Å². The Labute approximate surface area is 124 Å². The highest BCUT2D eigenvalue weighted by Gasteiger charge is 2.05. The van der Waals surface area contributed by atoms with Gasteiger partial charge in [0.2, 0.25) is 5.55 Å². The second kappa shape index (κ2) is 4.96. The van der Waals surface area contributed by atoms with Crippen molar-refractivity contribution in [1.82, 2.24) is 9.97 Å². The molecule has 1 N–H and O–H groups in total. The maximum atomic E-state index is 12.0. The third-order valence-electron chi connectivity index (χ3n) is 3.36. The van der Waals surface area contributed by atoms with Gasteiger partial charge in [-0.3, -0.25) is 4.98 Å². The highest BCUT2D eigenvalue weighted by Crippen LogP contribution is 1.98. The van der Waals surface area contributed by atoms with Crippen molar-refractivity contribution < 1.29 is 4.42 Å². The van der Waals surface area contributed by atoms with Gasteiger partial charge in [-0.1, -0.05) is 24.3 Å². The van der Waals surface area contributed by atoms with Crippen LogP contribution in [0.5, 0.6) is 0 Å². The fraction of sp³-hybridized carbons (Fsp3) is 0. The molecule has 0 atom stereocenters. The van der Waals surface area contributed by atoms with Crippen LogP contribution in [0.15, 0.2) is 63.0 Å². The number of pyridine rings is 1. The Balaban J connectivity index is 1.93. The van der Waals surface area contributed by atoms with Crippen LogP contribution in [0.4, 0.5) is 0 Å². The molecule has 5 nitrogen and oxygen atoms in total. The van der Waals surface area contributed by atoms with E-state index in [0.717, 1.165) is 16.1 Å². The number of benzene rings is 1. The summed E-state index contributed by atoms with van der Waals surface area (Å²) in [7, 11) is 0. The summed E-state index contributed by atoms with van der Waals surface area (Å²) in [5, 5.41) is 2.25. The molecular weight excluding hydrogens is 278 g/mol. The standard InChI is InChI=1S/C17H11N3O2/c21-17-15(8-11-4-3-7-18-10-11)20-16(22-17)14-9-12-5-1-2-6-13(12)19-14/h1-10,20H/b15-8?,16-14+. The minimum absolute atomic E-state index is 0.358. The van der Waals surface area contributed by atoms with Gasteiger partial charge in [0.05, 0.1) is 5.36 Å². The van der Waals surface area contributed by atoms with E-state index in [9.17, 15) is 4.79 Å². The summed E-state index contributed by atoms with van der Waals surface area (Å²) in [5.74, 6) is 0. The van der Waals surface area contributed by atoms with Gasteiger partial charge in [-0.2, -0.15) is 0 Å². The van der Waals surface area contributed by atoms with E-state index in [1.807, 2.05) is 42.5 Å². The average molecular weight is 289 g/mol. The molecule has 0 bridgehead atoms. The second-order valence-electron chi connectivity index (χ2n) is 4.89. The van der Waals surface area contributed by atoms with Crippen LogP contribution in [0.2, 0.25) is 0 Å². The molecule has 1 aliphatic heterocycles. The molecule has 1 aromatic carbocycles. The van der Waals surface area contributed by atoms with Crippen LogP contribution in [0.3, 0.4) is 0 Å². The smallest absolute Gasteiger partial charge is 0.361 e. The predicted octanol–water partition coefficient (Wildman–Crippen LogP) is -0.586. The predicted molar refractivity (Wildman–Crippen MR) is 81.5 cm³/mol. The summed E-state index contributed by atoms with van der Waals surface area (Å²) >= 11 is 0. The third-order valence-corrected chi connectivity index (χ3v) is 3.36. The second-order valence-corrected chi connectivity index (χ2v) is 4.89. The number of hydrogen-bond acceptors (Lipinski definition) is 4. The highest BCUT2D eigenvalue weighted by molar-refractivity contribution is 5.75. The number of nitrogens with one attached hydrogen (secondary N) is 1. The molecule has 4 rings (SSSR count). The molecule has 2 aromatic heterocycles. The van der Waals surface area contributed by atoms with Crippen LogP contribution < -0.4 is 27.1 Å². The van der Waals surface area contributed by atoms with E-state index in [4.69, 9.17) is 4.42 Å². The molecule has 0 aliphatic carbocycles. The normalized spacial score (nSPS) is 16.1. The van der Waals surface area contributed by atoms with Crippen molar-refractivity contribution in [2.24, 2.45) is 4.99 Å². The number of hydrogen-bond donors (Lipinski definition) is 1. The molecule has 0 amide bonds. The van der Waals surface area contributed by atoms with Crippen molar-refractivity contribution in [1.29, 1.82) is 0 Å². The average Bonchev–Trinajstić information content (AvgIpc) is 3.12. The topological polar surface area (TPSA) is 71.2 Å². The Morgan fingerprint density at radius 1 is 1.14 bits per heavy atom. The maximum absolute atomic E-state index is 12.0. The van der Waals surface area contributed by atoms with Crippen LogP contribution in [-0.4, -0.2) is 9.97 Å². The molecule has 106 valence electrons. The van der Waals surface area contributed by atoms with E-state index in [0.29, 0.717) is 16.6 Å². The van der Waals surface area contributed by atoms with E-state index < -0.39 is 5.63 Å². The molecular formula is C17H11N3O2. The van der Waals surface area contributed by atoms with E-state index in [2.05, 4.69) is 15.0 Å². The minimum atomic E-state index is -0.425. The van der Waals surface area contributed by atoms with Crippen molar-refractivity contribution in [3.05, 3.63) is 86.2 Å². The van der Waals surface area contributed by atoms with Crippen molar-refractivity contribution in [3.8, 4) is 0 Å². The van der Waals surface area contributed by atoms with Crippen LogP contribution in [0, 0.1) is 0 Å². The van der Waals surface area contributed by atoms with Crippen LogP contribution in [0.25, 0.3) is 17.8 Å². The molecule has 0 unspecified atom stereocenters. The molecule has 3 aromatic rings. The Morgan fingerprint density at radius 2 is 2.05 bits per heavy atom. The number of aromatic amines is 1. The first-order valence-electron chi connectivity index (χ1n) is 6.80. The number of nitrogens with zero attached hydrogens (tertiary/aromatic N) is 2. The molecule has 5 heteroatoms. The first-order valence-corrected chi connectivity index (χ1v) is 6.80. The van der Waals surface area contributed by atoms with Gasteiger partial charge in [0.1, 0.15) is 11.0 Å². The van der Waals surface area contributed by atoms with Crippen LogP contribution in [0.1, 0.15) is 5.56 Å². The fourth-order valence-corrected chi connectivity index (χ4v) is 2.32. The van der Waals surface area contributed by atoms with Crippen molar-refractivity contribution in [2.45, 2.75) is 0 Å². The Hall–Kier alpha value is -3.21. The Bertz CT molecular complexity index is 1100. The summed E-state index contributed by atoms with van der Waals surface area (Å²) < 4.78 is 5.28. The summed E-state index contributed by atoms with van der Waals surface area (Å²) in [6.07, 6.45) is 6.94. The van der Waals surface area contributed by atoms with Gasteiger partial charge in [-0.15, -0.1) is 0 Å². The van der Waals surface area contributed by atoms with E-state index in [1.165, 1.54) is 0 Å². The molecule has 0 saturated heterocycles. The maximum Gasteiger partial charge on any atom is 0.361 e. The van der Waals surface area contributed by atoms with Crippen molar-refractivity contribution >= 4 is 17.8 Å². The Kier molecular flexibility index (Phi) is 2.83. The Morgan fingerprint density at radius 3 is 2.86 bits per heavy atom.